The van der Waals surface area contributed by atoms with Crippen molar-refractivity contribution in [3.05, 3.63) is 12.2 Å². The molecule has 2 aliphatic rings. The summed E-state index contributed by atoms with van der Waals surface area (Å²) >= 11 is 0. The van der Waals surface area contributed by atoms with E-state index >= 15 is 0 Å². The summed E-state index contributed by atoms with van der Waals surface area (Å²) in [6.45, 7) is 5.25. The highest BCUT2D eigenvalue weighted by molar-refractivity contribution is 5.12. The third-order valence-electron chi connectivity index (χ3n) is 2.97. The van der Waals surface area contributed by atoms with Crippen LogP contribution in [0.3, 0.4) is 0 Å². The van der Waals surface area contributed by atoms with Gasteiger partial charge in [-0.15, -0.1) is 0 Å². The first-order chi connectivity index (χ1) is 6.20. The molecule has 0 aromatic rings. The van der Waals surface area contributed by atoms with Crippen LogP contribution in [-0.4, -0.2) is 24.3 Å². The lowest BCUT2D eigenvalue weighted by Crippen LogP contribution is -2.36. The Morgan fingerprint density at radius 2 is 2.08 bits per heavy atom. The van der Waals surface area contributed by atoms with Gasteiger partial charge in [-0.3, -0.25) is 0 Å². The molecule has 1 saturated heterocycles. The third-order valence-corrected chi connectivity index (χ3v) is 2.97. The fraction of sp³-hybridized carbons (Fsp3) is 0.818. The molecule has 1 fully saturated rings. The van der Waals surface area contributed by atoms with E-state index in [1.807, 2.05) is 0 Å². The number of nitrogens with one attached hydrogen (secondary N) is 1. The second-order valence-corrected chi connectivity index (χ2v) is 4.55. The van der Waals surface area contributed by atoms with Crippen LogP contribution >= 0.6 is 0 Å². The van der Waals surface area contributed by atoms with Gasteiger partial charge in [-0.25, -0.2) is 0 Å². The Balaban J connectivity index is 1.87. The van der Waals surface area contributed by atoms with Crippen molar-refractivity contribution in [1.29, 1.82) is 0 Å². The Labute approximate surface area is 80.4 Å². The van der Waals surface area contributed by atoms with Crippen LogP contribution in [0.15, 0.2) is 12.2 Å². The number of ether oxygens (including phenoxy) is 1. The molecule has 0 bridgehead atoms. The van der Waals surface area contributed by atoms with E-state index in [2.05, 4.69) is 31.3 Å². The van der Waals surface area contributed by atoms with Crippen molar-refractivity contribution in [3.63, 3.8) is 0 Å². The highest BCUT2D eigenvalue weighted by Crippen LogP contribution is 2.33. The molecule has 0 saturated carbocycles. The van der Waals surface area contributed by atoms with E-state index in [-0.39, 0.29) is 0 Å². The maximum absolute atomic E-state index is 5.81. The normalized spacial score (nSPS) is 30.8. The van der Waals surface area contributed by atoms with E-state index in [0.717, 1.165) is 6.54 Å². The maximum atomic E-state index is 5.81. The molecule has 1 aliphatic heterocycles. The van der Waals surface area contributed by atoms with Crippen LogP contribution < -0.4 is 5.32 Å². The van der Waals surface area contributed by atoms with Gasteiger partial charge in [0.05, 0.1) is 12.2 Å². The van der Waals surface area contributed by atoms with E-state index in [0.29, 0.717) is 17.7 Å². The zero-order valence-corrected chi connectivity index (χ0v) is 8.55. The lowest BCUT2D eigenvalue weighted by atomic mass is 9.94. The van der Waals surface area contributed by atoms with E-state index in [1.54, 1.807) is 0 Å². The van der Waals surface area contributed by atoms with Crippen LogP contribution in [-0.2, 0) is 4.74 Å². The van der Waals surface area contributed by atoms with Gasteiger partial charge in [-0.05, 0) is 33.1 Å². The second kappa shape index (κ2) is 3.43. The van der Waals surface area contributed by atoms with Crippen molar-refractivity contribution in [2.75, 3.05) is 6.54 Å². The molecular formula is C11H19NO. The topological polar surface area (TPSA) is 21.3 Å². The van der Waals surface area contributed by atoms with Gasteiger partial charge in [0.25, 0.3) is 0 Å². The number of hydrogen-bond acceptors (Lipinski definition) is 2. The Hall–Kier alpha value is -0.340. The van der Waals surface area contributed by atoms with Crippen LogP contribution in [0.4, 0.5) is 0 Å². The summed E-state index contributed by atoms with van der Waals surface area (Å²) in [4.78, 5) is 0. The molecule has 1 spiro atoms. The molecule has 1 N–H and O–H groups in total. The SMILES string of the molecule is CC(C)OC1CNC2(CC=CC2)C1. The Morgan fingerprint density at radius 3 is 2.69 bits per heavy atom. The minimum atomic E-state index is 0.358. The Bertz CT molecular complexity index is 202. The van der Waals surface area contributed by atoms with Crippen molar-refractivity contribution in [3.8, 4) is 0 Å². The van der Waals surface area contributed by atoms with Gasteiger partial charge in [0, 0.05) is 12.1 Å². The highest BCUT2D eigenvalue weighted by Gasteiger charge is 2.39. The first-order valence-corrected chi connectivity index (χ1v) is 5.26. The molecular weight excluding hydrogens is 162 g/mol. The van der Waals surface area contributed by atoms with E-state index < -0.39 is 0 Å². The largest absolute Gasteiger partial charge is 0.374 e. The molecule has 1 unspecified atom stereocenters. The van der Waals surface area contributed by atoms with Crippen molar-refractivity contribution >= 4 is 0 Å². The fourth-order valence-electron chi connectivity index (χ4n) is 2.40. The minimum absolute atomic E-state index is 0.358. The molecule has 0 aromatic heterocycles. The predicted octanol–water partition coefficient (Wildman–Crippen LogP) is 1.86. The molecule has 13 heavy (non-hydrogen) atoms. The van der Waals surface area contributed by atoms with Crippen molar-refractivity contribution in [2.24, 2.45) is 0 Å². The summed E-state index contributed by atoms with van der Waals surface area (Å²) in [5.41, 5.74) is 0.361. The Kier molecular flexibility index (Phi) is 2.43. The maximum Gasteiger partial charge on any atom is 0.0720 e. The third kappa shape index (κ3) is 1.94. The average Bonchev–Trinajstić information content (AvgIpc) is 2.63. The minimum Gasteiger partial charge on any atom is -0.374 e. The van der Waals surface area contributed by atoms with Crippen LogP contribution in [0, 0.1) is 0 Å². The predicted molar refractivity (Wildman–Crippen MR) is 53.7 cm³/mol. The average molecular weight is 181 g/mol. The van der Waals surface area contributed by atoms with Gasteiger partial charge in [0.1, 0.15) is 0 Å². The zero-order chi connectivity index (χ0) is 9.31. The van der Waals surface area contributed by atoms with Gasteiger partial charge >= 0.3 is 0 Å². The van der Waals surface area contributed by atoms with Crippen molar-refractivity contribution in [2.45, 2.75) is 50.9 Å². The van der Waals surface area contributed by atoms with E-state index in [4.69, 9.17) is 4.74 Å². The van der Waals surface area contributed by atoms with Gasteiger partial charge in [-0.2, -0.15) is 0 Å². The zero-order valence-electron chi connectivity index (χ0n) is 8.55. The summed E-state index contributed by atoms with van der Waals surface area (Å²) in [5.74, 6) is 0. The molecule has 0 radical (unpaired) electrons. The molecule has 1 aliphatic carbocycles. The standard InChI is InChI=1S/C11H19NO/c1-9(2)13-10-7-11(12-8-10)5-3-4-6-11/h3-4,9-10,12H,5-8H2,1-2H3. The molecule has 2 heteroatoms. The lowest BCUT2D eigenvalue weighted by Gasteiger charge is -2.23. The monoisotopic (exact) mass is 181 g/mol. The van der Waals surface area contributed by atoms with Crippen LogP contribution in [0.25, 0.3) is 0 Å². The molecule has 74 valence electrons. The van der Waals surface area contributed by atoms with E-state index in [1.165, 1.54) is 19.3 Å². The van der Waals surface area contributed by atoms with Crippen LogP contribution in [0.1, 0.15) is 33.1 Å². The van der Waals surface area contributed by atoms with Crippen LogP contribution in [0.2, 0.25) is 0 Å². The number of hydrogen-bond donors (Lipinski definition) is 1. The molecule has 0 aromatic carbocycles. The molecule has 1 atom stereocenters. The summed E-state index contributed by atoms with van der Waals surface area (Å²) in [6.07, 6.45) is 8.90. The summed E-state index contributed by atoms with van der Waals surface area (Å²) in [5, 5.41) is 3.60. The second-order valence-electron chi connectivity index (χ2n) is 4.55. The lowest BCUT2D eigenvalue weighted by molar-refractivity contribution is 0.0163. The smallest absolute Gasteiger partial charge is 0.0720 e. The van der Waals surface area contributed by atoms with Gasteiger partial charge in [0.2, 0.25) is 0 Å². The summed E-state index contributed by atoms with van der Waals surface area (Å²) in [7, 11) is 0. The van der Waals surface area contributed by atoms with E-state index in [9.17, 15) is 0 Å². The van der Waals surface area contributed by atoms with Crippen LogP contribution in [0.5, 0.6) is 0 Å². The van der Waals surface area contributed by atoms with Crippen molar-refractivity contribution < 1.29 is 4.74 Å². The first kappa shape index (κ1) is 9.22. The molecule has 2 nitrogen and oxygen atoms in total. The molecule has 2 rings (SSSR count). The summed E-state index contributed by atoms with van der Waals surface area (Å²) < 4.78 is 5.81. The first-order valence-electron chi connectivity index (χ1n) is 5.26. The van der Waals surface area contributed by atoms with Gasteiger partial charge in [-0.1, -0.05) is 12.2 Å². The summed E-state index contributed by atoms with van der Waals surface area (Å²) in [6, 6.07) is 0. The fourth-order valence-corrected chi connectivity index (χ4v) is 2.40. The molecule has 1 heterocycles. The molecule has 0 amide bonds. The quantitative estimate of drug-likeness (QED) is 0.657. The highest BCUT2D eigenvalue weighted by atomic mass is 16.5. The van der Waals surface area contributed by atoms with Crippen molar-refractivity contribution in [1.82, 2.24) is 5.32 Å². The Morgan fingerprint density at radius 1 is 1.38 bits per heavy atom. The van der Waals surface area contributed by atoms with Gasteiger partial charge < -0.3 is 10.1 Å². The number of rotatable bonds is 2. The van der Waals surface area contributed by atoms with Gasteiger partial charge in [0.15, 0.2) is 0 Å².